The van der Waals surface area contributed by atoms with E-state index in [2.05, 4.69) is 21.2 Å². The molecule has 7 nitrogen and oxygen atoms in total. The number of hydrogen-bond donors (Lipinski definition) is 1. The van der Waals surface area contributed by atoms with Crippen LogP contribution in [0.4, 0.5) is 10.5 Å². The highest BCUT2D eigenvalue weighted by Crippen LogP contribution is 2.34. The molecular formula is C22H20BrClN2O5S. The fraction of sp³-hybridized carbons (Fsp3) is 0.227. The molecule has 2 aromatic rings. The number of hydrogen-bond acceptors (Lipinski definition) is 6. The summed E-state index contributed by atoms with van der Waals surface area (Å²) < 4.78 is 11.7. The number of amides is 3. The number of nitrogens with one attached hydrogen (secondary N) is 1. The summed E-state index contributed by atoms with van der Waals surface area (Å²) in [6, 6.07) is 10.2. The van der Waals surface area contributed by atoms with E-state index in [0.717, 1.165) is 23.1 Å². The van der Waals surface area contributed by atoms with Crippen molar-refractivity contribution in [2.75, 3.05) is 25.6 Å². The second-order valence-corrected chi connectivity index (χ2v) is 8.96. The van der Waals surface area contributed by atoms with E-state index in [4.69, 9.17) is 21.1 Å². The number of carbonyl (C=O) groups excluding carboxylic acids is 3. The number of benzene rings is 2. The van der Waals surface area contributed by atoms with Gasteiger partial charge >= 0.3 is 0 Å². The van der Waals surface area contributed by atoms with E-state index in [1.54, 1.807) is 42.5 Å². The molecule has 1 fully saturated rings. The predicted molar refractivity (Wildman–Crippen MR) is 129 cm³/mol. The molecule has 1 aliphatic heterocycles. The third-order valence-corrected chi connectivity index (χ3v) is 6.47. The van der Waals surface area contributed by atoms with Crippen molar-refractivity contribution in [2.24, 2.45) is 0 Å². The van der Waals surface area contributed by atoms with Crippen molar-refractivity contribution in [2.45, 2.75) is 13.3 Å². The summed E-state index contributed by atoms with van der Waals surface area (Å²) >= 11 is 10.1. The van der Waals surface area contributed by atoms with Crippen LogP contribution >= 0.6 is 39.3 Å². The monoisotopic (exact) mass is 538 g/mol. The Bertz CT molecular complexity index is 1090. The van der Waals surface area contributed by atoms with Gasteiger partial charge in [-0.2, -0.15) is 0 Å². The molecule has 1 saturated heterocycles. The Labute approximate surface area is 203 Å². The topological polar surface area (TPSA) is 84.9 Å². The molecule has 0 radical (unpaired) electrons. The van der Waals surface area contributed by atoms with Crippen molar-refractivity contribution in [1.82, 2.24) is 4.90 Å². The van der Waals surface area contributed by atoms with Crippen molar-refractivity contribution < 1.29 is 23.9 Å². The van der Waals surface area contributed by atoms with Crippen LogP contribution < -0.4 is 14.8 Å². The van der Waals surface area contributed by atoms with Gasteiger partial charge in [0.25, 0.3) is 11.1 Å². The van der Waals surface area contributed by atoms with Gasteiger partial charge in [0, 0.05) is 10.2 Å². The Morgan fingerprint density at radius 3 is 2.69 bits per heavy atom. The van der Waals surface area contributed by atoms with Gasteiger partial charge in [0.2, 0.25) is 5.91 Å². The minimum absolute atomic E-state index is 0.221. The van der Waals surface area contributed by atoms with E-state index in [-0.39, 0.29) is 4.91 Å². The molecular weight excluding hydrogens is 520 g/mol. The maximum Gasteiger partial charge on any atom is 0.294 e. The first kappa shape index (κ1) is 24.2. The largest absolute Gasteiger partial charge is 0.493 e. The summed E-state index contributed by atoms with van der Waals surface area (Å²) in [6.45, 7) is 2.16. The molecule has 0 saturated carbocycles. The Balaban J connectivity index is 1.70. The molecule has 1 heterocycles. The fourth-order valence-corrected chi connectivity index (χ4v) is 4.08. The van der Waals surface area contributed by atoms with Crippen LogP contribution in [0.15, 0.2) is 45.8 Å². The summed E-state index contributed by atoms with van der Waals surface area (Å²) in [5, 5.41) is 2.55. The summed E-state index contributed by atoms with van der Waals surface area (Å²) in [5.41, 5.74) is 1.13. The number of halogens is 2. The molecule has 0 unspecified atom stereocenters. The second kappa shape index (κ2) is 10.9. The number of thioether (sulfide) groups is 1. The van der Waals surface area contributed by atoms with Crippen molar-refractivity contribution in [3.63, 3.8) is 0 Å². The lowest BCUT2D eigenvalue weighted by molar-refractivity contribution is -0.127. The zero-order chi connectivity index (χ0) is 23.3. The average Bonchev–Trinajstić information content (AvgIpc) is 3.02. The number of nitrogens with zero attached hydrogens (tertiary/aromatic N) is 1. The first-order chi connectivity index (χ1) is 15.3. The molecule has 0 aromatic heterocycles. The molecule has 0 atom stereocenters. The van der Waals surface area contributed by atoms with Gasteiger partial charge in [-0.15, -0.1) is 0 Å². The van der Waals surface area contributed by atoms with Crippen molar-refractivity contribution in [3.05, 3.63) is 56.4 Å². The molecule has 0 bridgehead atoms. The highest BCUT2D eigenvalue weighted by atomic mass is 79.9. The van der Waals surface area contributed by atoms with Crippen LogP contribution in [0.25, 0.3) is 6.08 Å². The molecule has 3 rings (SSSR count). The quantitative estimate of drug-likeness (QED) is 0.441. The van der Waals surface area contributed by atoms with E-state index in [1.165, 1.54) is 7.11 Å². The molecule has 0 aliphatic carbocycles. The van der Waals surface area contributed by atoms with Gasteiger partial charge in [-0.05, 0) is 76.1 Å². The van der Waals surface area contributed by atoms with Gasteiger partial charge in [0.1, 0.15) is 6.54 Å². The predicted octanol–water partition coefficient (Wildman–Crippen LogP) is 5.57. The van der Waals surface area contributed by atoms with Crippen LogP contribution in [0, 0.1) is 0 Å². The molecule has 3 amide bonds. The van der Waals surface area contributed by atoms with Crippen LogP contribution in [0.3, 0.4) is 0 Å². The molecule has 168 valence electrons. The Morgan fingerprint density at radius 2 is 2.00 bits per heavy atom. The molecule has 1 aliphatic rings. The Kier molecular flexibility index (Phi) is 8.22. The molecule has 10 heteroatoms. The lowest BCUT2D eigenvalue weighted by Crippen LogP contribution is -2.36. The minimum Gasteiger partial charge on any atom is -0.493 e. The van der Waals surface area contributed by atoms with E-state index in [1.807, 2.05) is 6.92 Å². The first-order valence-corrected chi connectivity index (χ1v) is 11.6. The lowest BCUT2D eigenvalue weighted by atomic mass is 10.2. The average molecular weight is 540 g/mol. The van der Waals surface area contributed by atoms with Gasteiger partial charge < -0.3 is 14.8 Å². The number of methoxy groups -OCH3 is 1. The zero-order valence-corrected chi connectivity index (χ0v) is 20.5. The number of ether oxygens (including phenoxy) is 2. The number of rotatable bonds is 8. The maximum absolute atomic E-state index is 12.7. The van der Waals surface area contributed by atoms with Crippen LogP contribution in [0.1, 0.15) is 18.9 Å². The second-order valence-electron chi connectivity index (χ2n) is 6.70. The van der Waals surface area contributed by atoms with Crippen LogP contribution in [-0.4, -0.2) is 42.2 Å². The van der Waals surface area contributed by atoms with Gasteiger partial charge in [-0.25, -0.2) is 0 Å². The summed E-state index contributed by atoms with van der Waals surface area (Å²) in [4.78, 5) is 38.5. The standard InChI is InChI=1S/C22H20BrClN2O5S/c1-3-8-31-17-7-4-13(9-18(17)30-2)10-19-21(28)26(22(29)32-19)12-20(27)25-14-5-6-15(23)16(24)11-14/h4-7,9-11H,3,8,12H2,1-2H3,(H,25,27)/b19-10-. The van der Waals surface area contributed by atoms with Gasteiger partial charge in [-0.3, -0.25) is 19.3 Å². The first-order valence-electron chi connectivity index (χ1n) is 9.63. The SMILES string of the molecule is CCCOc1ccc(/C=C2\SC(=O)N(CC(=O)Nc3ccc(Br)c(Cl)c3)C2=O)cc1OC. The zero-order valence-electron chi connectivity index (χ0n) is 17.3. The Hall–Kier alpha value is -2.49. The van der Waals surface area contributed by atoms with E-state index in [9.17, 15) is 14.4 Å². The van der Waals surface area contributed by atoms with Gasteiger partial charge in [0.05, 0.1) is 23.6 Å². The summed E-state index contributed by atoms with van der Waals surface area (Å²) in [7, 11) is 1.53. The molecule has 2 aromatic carbocycles. The van der Waals surface area contributed by atoms with Gasteiger partial charge in [0.15, 0.2) is 11.5 Å². The fourth-order valence-electron chi connectivity index (χ4n) is 2.81. The summed E-state index contributed by atoms with van der Waals surface area (Å²) in [6.07, 6.45) is 2.45. The molecule has 0 spiro atoms. The van der Waals surface area contributed by atoms with Crippen LogP contribution in [-0.2, 0) is 9.59 Å². The van der Waals surface area contributed by atoms with Gasteiger partial charge in [-0.1, -0.05) is 24.6 Å². The maximum atomic E-state index is 12.7. The van der Waals surface area contributed by atoms with E-state index >= 15 is 0 Å². The number of imide groups is 1. The minimum atomic E-state index is -0.533. The lowest BCUT2D eigenvalue weighted by Gasteiger charge is -2.13. The molecule has 32 heavy (non-hydrogen) atoms. The number of carbonyl (C=O) groups is 3. The van der Waals surface area contributed by atoms with Crippen LogP contribution in [0.2, 0.25) is 5.02 Å². The highest BCUT2D eigenvalue weighted by Gasteiger charge is 2.36. The van der Waals surface area contributed by atoms with E-state index < -0.39 is 23.6 Å². The smallest absolute Gasteiger partial charge is 0.294 e. The highest BCUT2D eigenvalue weighted by molar-refractivity contribution is 9.10. The van der Waals surface area contributed by atoms with E-state index in [0.29, 0.717) is 38.9 Å². The van der Waals surface area contributed by atoms with Crippen molar-refractivity contribution in [1.29, 1.82) is 0 Å². The normalized spacial score (nSPS) is 14.8. The third-order valence-electron chi connectivity index (χ3n) is 4.33. The molecule has 1 N–H and O–H groups in total. The third kappa shape index (κ3) is 5.85. The van der Waals surface area contributed by atoms with Crippen LogP contribution in [0.5, 0.6) is 11.5 Å². The van der Waals surface area contributed by atoms with Crippen molar-refractivity contribution >= 4 is 68.1 Å². The number of anilines is 1. The summed E-state index contributed by atoms with van der Waals surface area (Å²) in [5.74, 6) is 0.0867. The Morgan fingerprint density at radius 1 is 1.22 bits per heavy atom. The van der Waals surface area contributed by atoms with Crippen molar-refractivity contribution in [3.8, 4) is 11.5 Å².